The number of hydrogen-bond donors (Lipinski definition) is 2. The summed E-state index contributed by atoms with van der Waals surface area (Å²) in [5, 5.41) is 18.6. The monoisotopic (exact) mass is 399 g/mol. The second-order valence-electron chi connectivity index (χ2n) is 4.47. The predicted octanol–water partition coefficient (Wildman–Crippen LogP) is 2.24. The molecule has 1 amide bonds. The third-order valence-electron chi connectivity index (χ3n) is 2.75. The van der Waals surface area contributed by atoms with Crippen LogP contribution in [0.4, 0.5) is 0 Å². The van der Waals surface area contributed by atoms with E-state index in [4.69, 9.17) is 9.84 Å². The quantitative estimate of drug-likeness (QED) is 0.564. The molecule has 0 spiro atoms. The molecule has 1 heterocycles. The highest BCUT2D eigenvalue weighted by Crippen LogP contribution is 2.25. The molecule has 0 aromatic heterocycles. The van der Waals surface area contributed by atoms with E-state index in [1.54, 1.807) is 0 Å². The Morgan fingerprint density at radius 3 is 3.00 bits per heavy atom. The Morgan fingerprint density at radius 1 is 1.57 bits per heavy atom. The van der Waals surface area contributed by atoms with Gasteiger partial charge in [0.2, 0.25) is 5.91 Å². The average Bonchev–Trinajstić information content (AvgIpc) is 2.81. The Labute approximate surface area is 145 Å². The third kappa shape index (κ3) is 5.07. The van der Waals surface area contributed by atoms with E-state index in [-0.39, 0.29) is 12.3 Å². The van der Waals surface area contributed by atoms with E-state index in [1.165, 1.54) is 6.21 Å². The molecule has 7 nitrogen and oxygen atoms in total. The maximum atomic E-state index is 11.5. The largest absolute Gasteiger partial charge is 0.493 e. The maximum Gasteiger partial charge on any atom is 0.305 e. The lowest BCUT2D eigenvalue weighted by Crippen LogP contribution is -2.26. The lowest BCUT2D eigenvalue weighted by molar-refractivity contribution is -0.138. The summed E-state index contributed by atoms with van der Waals surface area (Å²) in [5.74, 6) is -0.650. The molecule has 122 valence electrons. The molecular weight excluding hydrogens is 386 g/mol. The zero-order valence-electron chi connectivity index (χ0n) is 12.2. The van der Waals surface area contributed by atoms with Crippen LogP contribution in [-0.2, 0) is 9.59 Å². The number of carboxylic acids is 1. The minimum atomic E-state index is -1.03. The molecular formula is C14H14BrN3O4S. The van der Waals surface area contributed by atoms with Crippen molar-refractivity contribution >= 4 is 51.0 Å². The van der Waals surface area contributed by atoms with Crippen LogP contribution in [0.15, 0.2) is 32.9 Å². The van der Waals surface area contributed by atoms with E-state index in [1.807, 2.05) is 25.1 Å². The van der Waals surface area contributed by atoms with Crippen LogP contribution in [0.5, 0.6) is 5.75 Å². The zero-order chi connectivity index (χ0) is 16.8. The topological polar surface area (TPSA) is 100 Å². The summed E-state index contributed by atoms with van der Waals surface area (Å²) in [4.78, 5) is 22.2. The van der Waals surface area contributed by atoms with Gasteiger partial charge in [-0.3, -0.25) is 9.59 Å². The fourth-order valence-electron chi connectivity index (χ4n) is 1.76. The van der Waals surface area contributed by atoms with Crippen molar-refractivity contribution in [3.8, 4) is 5.75 Å². The Balaban J connectivity index is 2.00. The smallest absolute Gasteiger partial charge is 0.305 e. The number of carbonyl (C=O) groups is 2. The standard InChI is InChI=1S/C14H14BrN3O4S/c1-2-22-10-4-3-8(5-9(10)15)7-16-18-14-17-13(21)11(23-14)6-12(19)20/h3-5,7,11H,2,6H2,1H3,(H,19,20)(H,17,18,21)/b16-7-/t11-/m0/s1. The molecule has 0 radical (unpaired) electrons. The van der Waals surface area contributed by atoms with Gasteiger partial charge in [-0.05, 0) is 46.6 Å². The van der Waals surface area contributed by atoms with Gasteiger partial charge in [-0.2, -0.15) is 5.10 Å². The summed E-state index contributed by atoms with van der Waals surface area (Å²) >= 11 is 4.47. The molecule has 2 rings (SSSR count). The highest BCUT2D eigenvalue weighted by Gasteiger charge is 2.32. The molecule has 1 aliphatic heterocycles. The Morgan fingerprint density at radius 2 is 2.35 bits per heavy atom. The Bertz CT molecular complexity index is 678. The summed E-state index contributed by atoms with van der Waals surface area (Å²) in [6.45, 7) is 2.48. The summed E-state index contributed by atoms with van der Waals surface area (Å²) in [7, 11) is 0. The summed E-state index contributed by atoms with van der Waals surface area (Å²) in [6.07, 6.45) is 1.29. The number of ether oxygens (including phenoxy) is 1. The van der Waals surface area contributed by atoms with Crippen LogP contribution in [-0.4, -0.2) is 40.2 Å². The van der Waals surface area contributed by atoms with Gasteiger partial charge in [0.25, 0.3) is 0 Å². The number of benzene rings is 1. The average molecular weight is 400 g/mol. The number of halogens is 1. The molecule has 0 aliphatic carbocycles. The maximum absolute atomic E-state index is 11.5. The number of thioether (sulfide) groups is 1. The van der Waals surface area contributed by atoms with Gasteiger partial charge in [-0.25, -0.2) is 0 Å². The van der Waals surface area contributed by atoms with Crippen molar-refractivity contribution in [3.63, 3.8) is 0 Å². The molecule has 1 atom stereocenters. The molecule has 0 bridgehead atoms. The van der Waals surface area contributed by atoms with Crippen molar-refractivity contribution in [1.29, 1.82) is 0 Å². The number of rotatable bonds is 6. The number of aliphatic carboxylic acids is 1. The van der Waals surface area contributed by atoms with Crippen LogP contribution >= 0.6 is 27.7 Å². The molecule has 1 aromatic rings. The normalized spacial score (nSPS) is 19.3. The molecule has 0 saturated carbocycles. The lowest BCUT2D eigenvalue weighted by Gasteiger charge is -2.05. The number of carboxylic acid groups (broad SMARTS) is 1. The molecule has 1 fully saturated rings. The molecule has 1 aliphatic rings. The van der Waals surface area contributed by atoms with Crippen LogP contribution in [0.3, 0.4) is 0 Å². The van der Waals surface area contributed by atoms with Gasteiger partial charge in [0.15, 0.2) is 5.17 Å². The Kier molecular flexibility index (Phi) is 6.17. The number of amidine groups is 1. The first kappa shape index (κ1) is 17.5. The number of nitrogens with zero attached hydrogens (tertiary/aromatic N) is 2. The molecule has 1 saturated heterocycles. The van der Waals surface area contributed by atoms with Crippen LogP contribution in [0, 0.1) is 0 Å². The molecule has 2 N–H and O–H groups in total. The van der Waals surface area contributed by atoms with Gasteiger partial charge in [-0.15, -0.1) is 5.10 Å². The SMILES string of the molecule is CCOc1ccc(/C=N\N=C2\NC(=O)[C@H](CC(=O)O)S2)cc1Br. The highest BCUT2D eigenvalue weighted by molar-refractivity contribution is 9.10. The van der Waals surface area contributed by atoms with Gasteiger partial charge in [0.1, 0.15) is 11.0 Å². The first-order valence-corrected chi connectivity index (χ1v) is 8.39. The van der Waals surface area contributed by atoms with Crippen LogP contribution in [0.2, 0.25) is 0 Å². The van der Waals surface area contributed by atoms with E-state index in [2.05, 4.69) is 31.4 Å². The van der Waals surface area contributed by atoms with Gasteiger partial charge < -0.3 is 15.2 Å². The number of hydrogen-bond acceptors (Lipinski definition) is 6. The second kappa shape index (κ2) is 8.11. The van der Waals surface area contributed by atoms with Crippen LogP contribution in [0.25, 0.3) is 0 Å². The van der Waals surface area contributed by atoms with Gasteiger partial charge in [-0.1, -0.05) is 11.8 Å². The minimum absolute atomic E-state index is 0.245. The molecule has 23 heavy (non-hydrogen) atoms. The van der Waals surface area contributed by atoms with Gasteiger partial charge in [0.05, 0.1) is 23.7 Å². The number of carbonyl (C=O) groups excluding carboxylic acids is 1. The van der Waals surface area contributed by atoms with E-state index in [0.717, 1.165) is 27.5 Å². The first-order valence-electron chi connectivity index (χ1n) is 6.72. The van der Waals surface area contributed by atoms with Gasteiger partial charge in [0, 0.05) is 0 Å². The summed E-state index contributed by atoms with van der Waals surface area (Å²) in [6, 6.07) is 5.48. The van der Waals surface area contributed by atoms with Crippen LogP contribution in [0.1, 0.15) is 18.9 Å². The number of amides is 1. The van der Waals surface area contributed by atoms with E-state index in [0.29, 0.717) is 11.8 Å². The van der Waals surface area contributed by atoms with Crippen molar-refractivity contribution in [2.75, 3.05) is 6.61 Å². The third-order valence-corrected chi connectivity index (χ3v) is 4.44. The first-order chi connectivity index (χ1) is 11.0. The Hall–Kier alpha value is -1.87. The second-order valence-corrected chi connectivity index (χ2v) is 6.51. The summed E-state index contributed by atoms with van der Waals surface area (Å²) < 4.78 is 6.22. The zero-order valence-corrected chi connectivity index (χ0v) is 14.6. The van der Waals surface area contributed by atoms with Crippen LogP contribution < -0.4 is 10.1 Å². The predicted molar refractivity (Wildman–Crippen MR) is 92.1 cm³/mol. The van der Waals surface area contributed by atoms with E-state index in [9.17, 15) is 9.59 Å². The minimum Gasteiger partial charge on any atom is -0.493 e. The molecule has 1 aromatic carbocycles. The van der Waals surface area contributed by atoms with E-state index < -0.39 is 11.2 Å². The fraction of sp³-hybridized carbons (Fsp3) is 0.286. The van der Waals surface area contributed by atoms with Crippen molar-refractivity contribution in [3.05, 3.63) is 28.2 Å². The van der Waals surface area contributed by atoms with Crippen molar-refractivity contribution in [2.45, 2.75) is 18.6 Å². The summed E-state index contributed by atoms with van der Waals surface area (Å²) in [5.41, 5.74) is 0.807. The molecule has 0 unspecified atom stereocenters. The fourth-order valence-corrected chi connectivity index (χ4v) is 3.19. The lowest BCUT2D eigenvalue weighted by atomic mass is 10.2. The van der Waals surface area contributed by atoms with Crippen molar-refractivity contribution < 1.29 is 19.4 Å². The van der Waals surface area contributed by atoms with Crippen molar-refractivity contribution in [2.24, 2.45) is 10.2 Å². The highest BCUT2D eigenvalue weighted by atomic mass is 79.9. The van der Waals surface area contributed by atoms with E-state index >= 15 is 0 Å². The number of nitrogens with one attached hydrogen (secondary N) is 1. The van der Waals surface area contributed by atoms with Crippen molar-refractivity contribution in [1.82, 2.24) is 5.32 Å². The molecule has 9 heteroatoms. The van der Waals surface area contributed by atoms with Gasteiger partial charge >= 0.3 is 5.97 Å².